The second kappa shape index (κ2) is 6.40. The molecule has 1 unspecified atom stereocenters. The number of hydrogen-bond acceptors (Lipinski definition) is 7. The highest BCUT2D eigenvalue weighted by atomic mass is 32.2. The number of nitro benzene ring substituents is 1. The largest absolute Gasteiger partial charge is 0.459 e. The molecule has 0 saturated carbocycles. The number of benzene rings is 1. The van der Waals surface area contributed by atoms with Gasteiger partial charge in [-0.3, -0.25) is 14.9 Å². The lowest BCUT2D eigenvalue weighted by molar-refractivity contribution is -0.384. The minimum absolute atomic E-state index is 0.00994. The first-order valence-corrected chi connectivity index (χ1v) is 8.37. The molecule has 0 bridgehead atoms. The van der Waals surface area contributed by atoms with E-state index in [-0.39, 0.29) is 30.1 Å². The van der Waals surface area contributed by atoms with Crippen molar-refractivity contribution < 1.29 is 24.0 Å². The first-order chi connectivity index (χ1) is 11.4. The van der Waals surface area contributed by atoms with Gasteiger partial charge in [-0.2, -0.15) is 0 Å². The summed E-state index contributed by atoms with van der Waals surface area (Å²) in [4.78, 5) is 35.8. The Hall–Kier alpha value is -2.13. The molecule has 0 aromatic heterocycles. The number of ether oxygens (including phenoxy) is 2. The molecule has 2 aliphatic heterocycles. The van der Waals surface area contributed by atoms with Crippen LogP contribution in [0.3, 0.4) is 0 Å². The third-order valence-electron chi connectivity index (χ3n) is 4.23. The molecule has 2 heterocycles. The third-order valence-corrected chi connectivity index (χ3v) is 5.67. The SMILES string of the molecule is COC1(C(=O)OCc2ccc([N+](=O)[O-])cc2)CS[C@@H]2CC(=O)N2C1. The monoisotopic (exact) mass is 352 g/mol. The Morgan fingerprint density at radius 1 is 1.46 bits per heavy atom. The quantitative estimate of drug-likeness (QED) is 0.341. The van der Waals surface area contributed by atoms with Crippen LogP contribution in [0.5, 0.6) is 0 Å². The van der Waals surface area contributed by atoms with E-state index in [4.69, 9.17) is 9.47 Å². The average Bonchev–Trinajstić information content (AvgIpc) is 2.59. The molecule has 2 atom stereocenters. The molecule has 2 fully saturated rings. The minimum atomic E-state index is -1.17. The van der Waals surface area contributed by atoms with Gasteiger partial charge in [-0.15, -0.1) is 11.8 Å². The first-order valence-electron chi connectivity index (χ1n) is 7.32. The average molecular weight is 352 g/mol. The van der Waals surface area contributed by atoms with E-state index in [1.165, 1.54) is 43.1 Å². The summed E-state index contributed by atoms with van der Waals surface area (Å²) in [6.07, 6.45) is 0.502. The maximum absolute atomic E-state index is 12.5. The molecule has 24 heavy (non-hydrogen) atoms. The zero-order chi connectivity index (χ0) is 17.3. The molecule has 3 rings (SSSR count). The van der Waals surface area contributed by atoms with Crippen molar-refractivity contribution in [1.29, 1.82) is 0 Å². The van der Waals surface area contributed by atoms with Crippen LogP contribution in [0.15, 0.2) is 24.3 Å². The Kier molecular flexibility index (Phi) is 4.46. The molecule has 2 aliphatic rings. The second-order valence-electron chi connectivity index (χ2n) is 5.69. The molecule has 8 nitrogen and oxygen atoms in total. The summed E-state index contributed by atoms with van der Waals surface area (Å²) in [5.41, 5.74) is -0.552. The topological polar surface area (TPSA) is 99.0 Å². The lowest BCUT2D eigenvalue weighted by Gasteiger charge is -2.49. The zero-order valence-corrected chi connectivity index (χ0v) is 13.8. The van der Waals surface area contributed by atoms with Crippen LogP contribution in [-0.2, 0) is 25.7 Å². The summed E-state index contributed by atoms with van der Waals surface area (Å²) >= 11 is 1.51. The second-order valence-corrected chi connectivity index (χ2v) is 6.86. The van der Waals surface area contributed by atoms with Gasteiger partial charge in [-0.05, 0) is 17.7 Å². The summed E-state index contributed by atoms with van der Waals surface area (Å²) in [7, 11) is 1.43. The molecule has 0 radical (unpaired) electrons. The van der Waals surface area contributed by atoms with E-state index in [9.17, 15) is 19.7 Å². The molecular weight excluding hydrogens is 336 g/mol. The fourth-order valence-corrected chi connectivity index (χ4v) is 4.06. The molecule has 0 N–H and O–H groups in total. The molecule has 9 heteroatoms. The fraction of sp³-hybridized carbons (Fsp3) is 0.467. The highest BCUT2D eigenvalue weighted by molar-refractivity contribution is 8.00. The lowest BCUT2D eigenvalue weighted by Crippen LogP contribution is -2.65. The van der Waals surface area contributed by atoms with Gasteiger partial charge in [-0.1, -0.05) is 0 Å². The van der Waals surface area contributed by atoms with Gasteiger partial charge in [0.15, 0.2) is 5.60 Å². The van der Waals surface area contributed by atoms with Crippen LogP contribution >= 0.6 is 11.8 Å². The van der Waals surface area contributed by atoms with E-state index in [1.807, 2.05) is 0 Å². The molecule has 1 aromatic carbocycles. The number of nitrogens with zero attached hydrogens (tertiary/aromatic N) is 2. The first kappa shape index (κ1) is 16.7. The number of carbonyl (C=O) groups excluding carboxylic acids is 2. The van der Waals surface area contributed by atoms with Gasteiger partial charge in [0.2, 0.25) is 5.91 Å². The standard InChI is InChI=1S/C15H16N2O6S/c1-22-15(8-16-12(18)6-13(16)24-9-15)14(19)23-7-10-2-4-11(5-3-10)17(20)21/h2-5,13H,6-9H2,1H3/t13-,15?/m1/s1. The predicted molar refractivity (Wildman–Crippen MR) is 85.2 cm³/mol. The van der Waals surface area contributed by atoms with Crippen LogP contribution in [-0.4, -0.2) is 52.1 Å². The van der Waals surface area contributed by atoms with Gasteiger partial charge in [0.05, 0.1) is 23.3 Å². The van der Waals surface area contributed by atoms with Crippen LogP contribution in [0.2, 0.25) is 0 Å². The highest BCUT2D eigenvalue weighted by Crippen LogP contribution is 2.39. The maximum Gasteiger partial charge on any atom is 0.341 e. The lowest BCUT2D eigenvalue weighted by atomic mass is 10.0. The number of esters is 1. The molecule has 0 aliphatic carbocycles. The Morgan fingerprint density at radius 2 is 2.17 bits per heavy atom. The third kappa shape index (κ3) is 2.96. The number of non-ortho nitro benzene ring substituents is 1. The fourth-order valence-electron chi connectivity index (χ4n) is 2.64. The Labute approximate surface area is 142 Å². The van der Waals surface area contributed by atoms with Crippen molar-refractivity contribution in [3.8, 4) is 0 Å². The number of methoxy groups -OCH3 is 1. The smallest absolute Gasteiger partial charge is 0.341 e. The van der Waals surface area contributed by atoms with E-state index < -0.39 is 16.5 Å². The number of β-lactam (4-membered cyclic amide) rings is 1. The zero-order valence-electron chi connectivity index (χ0n) is 13.0. The number of amides is 1. The van der Waals surface area contributed by atoms with Gasteiger partial charge < -0.3 is 14.4 Å². The van der Waals surface area contributed by atoms with E-state index in [0.29, 0.717) is 17.7 Å². The highest BCUT2D eigenvalue weighted by Gasteiger charge is 2.52. The van der Waals surface area contributed by atoms with Crippen LogP contribution in [0.25, 0.3) is 0 Å². The summed E-state index contributed by atoms with van der Waals surface area (Å²) in [5, 5.41) is 10.8. The normalized spacial score (nSPS) is 25.6. The van der Waals surface area contributed by atoms with Gasteiger partial charge in [0, 0.05) is 25.0 Å². The van der Waals surface area contributed by atoms with Crippen molar-refractivity contribution in [3.63, 3.8) is 0 Å². The molecule has 1 aromatic rings. The summed E-state index contributed by atoms with van der Waals surface area (Å²) in [5.74, 6) is -0.0948. The molecule has 0 spiro atoms. The Balaban J connectivity index is 1.62. The molecule has 128 valence electrons. The van der Waals surface area contributed by atoms with Crippen molar-refractivity contribution in [2.45, 2.75) is 24.0 Å². The van der Waals surface area contributed by atoms with Crippen molar-refractivity contribution in [1.82, 2.24) is 4.90 Å². The molecular formula is C15H16N2O6S. The summed E-state index contributed by atoms with van der Waals surface area (Å²) < 4.78 is 10.7. The van der Waals surface area contributed by atoms with Gasteiger partial charge in [-0.25, -0.2) is 4.79 Å². The Morgan fingerprint density at radius 3 is 2.75 bits per heavy atom. The van der Waals surface area contributed by atoms with Crippen molar-refractivity contribution >= 4 is 29.3 Å². The van der Waals surface area contributed by atoms with Gasteiger partial charge in [0.1, 0.15) is 6.61 Å². The maximum atomic E-state index is 12.5. The van der Waals surface area contributed by atoms with Gasteiger partial charge in [0.25, 0.3) is 5.69 Å². The van der Waals surface area contributed by atoms with Crippen LogP contribution in [0.1, 0.15) is 12.0 Å². The number of nitro groups is 1. The number of thioether (sulfide) groups is 1. The minimum Gasteiger partial charge on any atom is -0.459 e. The Bertz CT molecular complexity index is 679. The van der Waals surface area contributed by atoms with E-state index in [1.54, 1.807) is 4.90 Å². The predicted octanol–water partition coefficient (Wildman–Crippen LogP) is 1.33. The van der Waals surface area contributed by atoms with Crippen molar-refractivity contribution in [3.05, 3.63) is 39.9 Å². The molecule has 1 amide bonds. The van der Waals surface area contributed by atoms with Crippen LogP contribution in [0, 0.1) is 10.1 Å². The number of carbonyl (C=O) groups is 2. The number of hydrogen-bond donors (Lipinski definition) is 0. The van der Waals surface area contributed by atoms with Crippen molar-refractivity contribution in [2.75, 3.05) is 19.4 Å². The van der Waals surface area contributed by atoms with E-state index in [2.05, 4.69) is 0 Å². The van der Waals surface area contributed by atoms with E-state index in [0.717, 1.165) is 0 Å². The number of rotatable bonds is 5. The van der Waals surface area contributed by atoms with E-state index >= 15 is 0 Å². The van der Waals surface area contributed by atoms with Crippen LogP contribution in [0.4, 0.5) is 5.69 Å². The summed E-state index contributed by atoms with van der Waals surface area (Å²) in [6, 6.07) is 5.79. The van der Waals surface area contributed by atoms with Crippen molar-refractivity contribution in [2.24, 2.45) is 0 Å². The number of fused-ring (bicyclic) bond motifs is 1. The molecule has 2 saturated heterocycles. The van der Waals surface area contributed by atoms with Gasteiger partial charge >= 0.3 is 5.97 Å². The summed E-state index contributed by atoms with van der Waals surface area (Å²) in [6.45, 7) is 0.184. The van der Waals surface area contributed by atoms with Crippen LogP contribution < -0.4 is 0 Å².